The molecule has 0 N–H and O–H groups in total. The molecule has 1 aromatic carbocycles. The van der Waals surface area contributed by atoms with Crippen molar-refractivity contribution in [1.82, 2.24) is 9.78 Å². The van der Waals surface area contributed by atoms with E-state index < -0.39 is 0 Å². The molecule has 0 amide bonds. The summed E-state index contributed by atoms with van der Waals surface area (Å²) < 4.78 is 2.01. The summed E-state index contributed by atoms with van der Waals surface area (Å²) in [7, 11) is 0. The summed E-state index contributed by atoms with van der Waals surface area (Å²) in [6.45, 7) is 8.85. The first-order chi connectivity index (χ1) is 8.93. The minimum Gasteiger partial charge on any atom is -0.299 e. The second kappa shape index (κ2) is 5.16. The predicted octanol–water partition coefficient (Wildman–Crippen LogP) is 3.60. The molecule has 0 radical (unpaired) electrons. The van der Waals surface area contributed by atoms with E-state index in [2.05, 4.69) is 24.2 Å². The Bertz CT molecular complexity index is 590. The van der Waals surface area contributed by atoms with Gasteiger partial charge in [-0.05, 0) is 19.4 Å². The zero-order valence-corrected chi connectivity index (χ0v) is 12.2. The van der Waals surface area contributed by atoms with Gasteiger partial charge in [0.2, 0.25) is 0 Å². The van der Waals surface area contributed by atoms with Crippen LogP contribution in [0.2, 0.25) is 0 Å². The molecule has 1 heterocycles. The monoisotopic (exact) mass is 258 g/mol. The maximum Gasteiger partial charge on any atom is 0.138 e. The predicted molar refractivity (Wildman–Crippen MR) is 78.2 cm³/mol. The first kappa shape index (κ1) is 13.8. The van der Waals surface area contributed by atoms with E-state index in [9.17, 15) is 4.79 Å². The molecule has 0 spiro atoms. The van der Waals surface area contributed by atoms with Gasteiger partial charge >= 0.3 is 0 Å². The first-order valence-electron chi connectivity index (χ1n) is 6.91. The summed E-state index contributed by atoms with van der Waals surface area (Å²) in [5, 5.41) is 5.80. The molecular formula is C16H22N2O. The molecule has 2 rings (SSSR count). The van der Waals surface area contributed by atoms with Gasteiger partial charge in [-0.1, -0.05) is 39.0 Å². The number of nitrogens with zero attached hydrogens (tertiary/aromatic N) is 2. The lowest BCUT2D eigenvalue weighted by molar-refractivity contribution is -0.126. The molecule has 0 bridgehead atoms. The van der Waals surface area contributed by atoms with Gasteiger partial charge in [0.05, 0.1) is 11.2 Å². The van der Waals surface area contributed by atoms with Crippen LogP contribution in [0.25, 0.3) is 10.9 Å². The van der Waals surface area contributed by atoms with E-state index in [1.807, 2.05) is 37.6 Å². The maximum atomic E-state index is 12.0. The molecule has 2 aromatic rings. The molecule has 102 valence electrons. The summed E-state index contributed by atoms with van der Waals surface area (Å²) in [4.78, 5) is 12.0. The fraction of sp³-hybridized carbons (Fsp3) is 0.500. The third-order valence-electron chi connectivity index (χ3n) is 3.46. The lowest BCUT2D eigenvalue weighted by Gasteiger charge is -2.15. The summed E-state index contributed by atoms with van der Waals surface area (Å²) in [5.74, 6) is 0.294. The third-order valence-corrected chi connectivity index (χ3v) is 3.46. The standard InChI is InChI=1S/C16H22N2O/c1-5-18-14-9-7-6-8-12(14)13(17-18)10-11-15(19)16(2,3)4/h6-9H,5,10-11H2,1-4H3. The van der Waals surface area contributed by atoms with Gasteiger partial charge < -0.3 is 0 Å². The number of benzene rings is 1. The first-order valence-corrected chi connectivity index (χ1v) is 6.91. The van der Waals surface area contributed by atoms with Crippen LogP contribution in [0.1, 0.15) is 39.8 Å². The smallest absolute Gasteiger partial charge is 0.138 e. The number of carbonyl (C=O) groups excluding carboxylic acids is 1. The van der Waals surface area contributed by atoms with Crippen molar-refractivity contribution in [2.24, 2.45) is 5.41 Å². The van der Waals surface area contributed by atoms with Crippen LogP contribution in [-0.4, -0.2) is 15.6 Å². The number of para-hydroxylation sites is 1. The Morgan fingerprint density at radius 3 is 2.58 bits per heavy atom. The summed E-state index contributed by atoms with van der Waals surface area (Å²) in [6, 6.07) is 8.23. The number of hydrogen-bond acceptors (Lipinski definition) is 2. The largest absolute Gasteiger partial charge is 0.299 e. The van der Waals surface area contributed by atoms with Crippen molar-refractivity contribution >= 4 is 16.7 Å². The highest BCUT2D eigenvalue weighted by atomic mass is 16.1. The average Bonchev–Trinajstić information content (AvgIpc) is 2.73. The minimum atomic E-state index is -0.261. The Kier molecular flexibility index (Phi) is 3.74. The second-order valence-electron chi connectivity index (χ2n) is 5.95. The fourth-order valence-corrected chi connectivity index (χ4v) is 2.23. The number of Topliss-reactive ketones (excluding diaryl/α,β-unsaturated/α-hetero) is 1. The number of aromatic nitrogens is 2. The minimum absolute atomic E-state index is 0.261. The van der Waals surface area contributed by atoms with Crippen molar-refractivity contribution in [1.29, 1.82) is 0 Å². The Morgan fingerprint density at radius 1 is 1.26 bits per heavy atom. The van der Waals surface area contributed by atoms with Gasteiger partial charge in [0.15, 0.2) is 0 Å². The van der Waals surface area contributed by atoms with Crippen molar-refractivity contribution in [2.45, 2.75) is 47.1 Å². The molecule has 0 aliphatic heterocycles. The summed E-state index contributed by atoms with van der Waals surface area (Å²) in [5.41, 5.74) is 1.93. The quantitative estimate of drug-likeness (QED) is 0.839. The van der Waals surface area contributed by atoms with Gasteiger partial charge in [-0.3, -0.25) is 9.48 Å². The lowest BCUT2D eigenvalue weighted by atomic mass is 9.88. The molecule has 3 nitrogen and oxygen atoms in total. The Balaban J connectivity index is 2.24. The van der Waals surface area contributed by atoms with E-state index in [0.717, 1.165) is 24.2 Å². The molecule has 3 heteroatoms. The van der Waals surface area contributed by atoms with E-state index in [1.54, 1.807) is 0 Å². The van der Waals surface area contributed by atoms with Crippen LogP contribution in [0.15, 0.2) is 24.3 Å². The fourth-order valence-electron chi connectivity index (χ4n) is 2.23. The Labute approximate surface area is 114 Å². The van der Waals surface area contributed by atoms with E-state index >= 15 is 0 Å². The van der Waals surface area contributed by atoms with Gasteiger partial charge in [-0.2, -0.15) is 5.10 Å². The molecule has 0 unspecified atom stereocenters. The van der Waals surface area contributed by atoms with Crippen molar-refractivity contribution < 1.29 is 4.79 Å². The van der Waals surface area contributed by atoms with Crippen LogP contribution in [0.5, 0.6) is 0 Å². The van der Waals surface area contributed by atoms with Gasteiger partial charge in [-0.25, -0.2) is 0 Å². The van der Waals surface area contributed by atoms with E-state index in [-0.39, 0.29) is 5.41 Å². The van der Waals surface area contributed by atoms with Crippen molar-refractivity contribution in [2.75, 3.05) is 0 Å². The van der Waals surface area contributed by atoms with Crippen LogP contribution in [0.3, 0.4) is 0 Å². The zero-order chi connectivity index (χ0) is 14.0. The number of fused-ring (bicyclic) bond motifs is 1. The normalized spacial score (nSPS) is 12.0. The number of aryl methyl sites for hydroxylation is 2. The van der Waals surface area contributed by atoms with E-state index in [4.69, 9.17) is 0 Å². The summed E-state index contributed by atoms with van der Waals surface area (Å²) >= 11 is 0. The van der Waals surface area contributed by atoms with Gasteiger partial charge in [-0.15, -0.1) is 0 Å². The molecule has 0 aliphatic carbocycles. The van der Waals surface area contributed by atoms with Gasteiger partial charge in [0.25, 0.3) is 0 Å². The van der Waals surface area contributed by atoms with Gasteiger partial charge in [0, 0.05) is 23.8 Å². The van der Waals surface area contributed by atoms with Crippen molar-refractivity contribution in [3.05, 3.63) is 30.0 Å². The highest BCUT2D eigenvalue weighted by molar-refractivity contribution is 5.85. The molecule has 0 fully saturated rings. The Hall–Kier alpha value is -1.64. The Morgan fingerprint density at radius 2 is 1.95 bits per heavy atom. The van der Waals surface area contributed by atoms with Gasteiger partial charge in [0.1, 0.15) is 5.78 Å². The topological polar surface area (TPSA) is 34.9 Å². The van der Waals surface area contributed by atoms with Crippen LogP contribution < -0.4 is 0 Å². The van der Waals surface area contributed by atoms with Crippen LogP contribution in [0.4, 0.5) is 0 Å². The highest BCUT2D eigenvalue weighted by Crippen LogP contribution is 2.22. The number of carbonyl (C=O) groups is 1. The second-order valence-corrected chi connectivity index (χ2v) is 5.95. The van der Waals surface area contributed by atoms with E-state index in [1.165, 1.54) is 5.39 Å². The van der Waals surface area contributed by atoms with Crippen LogP contribution >= 0.6 is 0 Å². The van der Waals surface area contributed by atoms with Crippen LogP contribution in [-0.2, 0) is 17.8 Å². The SMILES string of the molecule is CCn1nc(CCC(=O)C(C)(C)C)c2ccccc21. The molecule has 0 saturated heterocycles. The molecule has 1 aromatic heterocycles. The van der Waals surface area contributed by atoms with Crippen LogP contribution in [0, 0.1) is 5.41 Å². The number of ketones is 1. The average molecular weight is 258 g/mol. The zero-order valence-electron chi connectivity index (χ0n) is 12.2. The molecular weight excluding hydrogens is 236 g/mol. The van der Waals surface area contributed by atoms with E-state index in [0.29, 0.717) is 12.2 Å². The molecule has 0 aliphatic rings. The number of rotatable bonds is 4. The third kappa shape index (κ3) is 2.86. The lowest BCUT2D eigenvalue weighted by Crippen LogP contribution is -2.20. The summed E-state index contributed by atoms with van der Waals surface area (Å²) in [6.07, 6.45) is 1.29. The maximum absolute atomic E-state index is 12.0. The highest BCUT2D eigenvalue weighted by Gasteiger charge is 2.21. The van der Waals surface area contributed by atoms with Crippen molar-refractivity contribution in [3.63, 3.8) is 0 Å². The molecule has 0 saturated carbocycles. The van der Waals surface area contributed by atoms with Crippen molar-refractivity contribution in [3.8, 4) is 0 Å². The molecule has 19 heavy (non-hydrogen) atoms. The molecule has 0 atom stereocenters. The number of hydrogen-bond donors (Lipinski definition) is 0.